The molecule has 2 aliphatic rings. The SMILES string of the molecule is CC1(CN=C(NN)NC2CCCC2)CCC1. The van der Waals surface area contributed by atoms with Crippen LogP contribution in [0.4, 0.5) is 0 Å². The van der Waals surface area contributed by atoms with Gasteiger partial charge in [0.2, 0.25) is 5.96 Å². The van der Waals surface area contributed by atoms with Crippen molar-refractivity contribution in [3.05, 3.63) is 0 Å². The average Bonchev–Trinajstić information content (AvgIpc) is 2.74. The van der Waals surface area contributed by atoms with E-state index in [9.17, 15) is 0 Å². The molecular weight excluding hydrogens is 200 g/mol. The molecule has 0 aromatic rings. The molecule has 0 saturated heterocycles. The summed E-state index contributed by atoms with van der Waals surface area (Å²) in [5.41, 5.74) is 3.12. The molecule has 2 aliphatic carbocycles. The van der Waals surface area contributed by atoms with Gasteiger partial charge in [-0.2, -0.15) is 0 Å². The van der Waals surface area contributed by atoms with E-state index in [1.807, 2.05) is 0 Å². The second-order valence-corrected chi connectivity index (χ2v) is 5.60. The normalized spacial score (nSPS) is 25.2. The summed E-state index contributed by atoms with van der Waals surface area (Å²) in [6.45, 7) is 3.20. The van der Waals surface area contributed by atoms with Crippen molar-refractivity contribution in [2.45, 2.75) is 57.9 Å². The zero-order valence-electron chi connectivity index (χ0n) is 10.3. The highest BCUT2D eigenvalue weighted by Crippen LogP contribution is 2.40. The predicted molar refractivity (Wildman–Crippen MR) is 67.0 cm³/mol. The van der Waals surface area contributed by atoms with Crippen molar-refractivity contribution in [3.8, 4) is 0 Å². The summed E-state index contributed by atoms with van der Waals surface area (Å²) in [6.07, 6.45) is 9.11. The molecule has 0 spiro atoms. The van der Waals surface area contributed by atoms with Gasteiger partial charge in [0.05, 0.1) is 0 Å². The van der Waals surface area contributed by atoms with Gasteiger partial charge in [0, 0.05) is 12.6 Å². The van der Waals surface area contributed by atoms with Gasteiger partial charge in [-0.15, -0.1) is 0 Å². The topological polar surface area (TPSA) is 62.4 Å². The molecule has 0 radical (unpaired) electrons. The molecule has 0 unspecified atom stereocenters. The predicted octanol–water partition coefficient (Wildman–Crippen LogP) is 1.53. The summed E-state index contributed by atoms with van der Waals surface area (Å²) in [7, 11) is 0. The van der Waals surface area contributed by atoms with Crippen molar-refractivity contribution in [1.29, 1.82) is 0 Å². The van der Waals surface area contributed by atoms with Gasteiger partial charge < -0.3 is 5.32 Å². The highest BCUT2D eigenvalue weighted by atomic mass is 15.3. The summed E-state index contributed by atoms with van der Waals surface area (Å²) in [6, 6.07) is 0.573. The van der Waals surface area contributed by atoms with Crippen LogP contribution in [-0.2, 0) is 0 Å². The van der Waals surface area contributed by atoms with Gasteiger partial charge >= 0.3 is 0 Å². The molecule has 2 saturated carbocycles. The summed E-state index contributed by atoms with van der Waals surface area (Å²) in [4.78, 5) is 4.57. The maximum Gasteiger partial charge on any atom is 0.205 e. The third kappa shape index (κ3) is 2.88. The Kier molecular flexibility index (Phi) is 3.69. The van der Waals surface area contributed by atoms with Crippen LogP contribution in [-0.4, -0.2) is 18.5 Å². The smallest absolute Gasteiger partial charge is 0.205 e. The van der Waals surface area contributed by atoms with Crippen LogP contribution in [0.5, 0.6) is 0 Å². The standard InChI is InChI=1S/C12H24N4/c1-12(7-4-8-12)9-14-11(16-13)15-10-5-2-3-6-10/h10H,2-9,13H2,1H3,(H2,14,15,16). The van der Waals surface area contributed by atoms with Gasteiger partial charge in [-0.1, -0.05) is 26.2 Å². The second kappa shape index (κ2) is 5.04. The molecule has 0 bridgehead atoms. The van der Waals surface area contributed by atoms with Gasteiger partial charge in [0.1, 0.15) is 0 Å². The summed E-state index contributed by atoms with van der Waals surface area (Å²) >= 11 is 0. The van der Waals surface area contributed by atoms with E-state index in [0.717, 1.165) is 12.5 Å². The van der Waals surface area contributed by atoms with Crippen LogP contribution in [0.3, 0.4) is 0 Å². The molecule has 92 valence electrons. The molecule has 4 N–H and O–H groups in total. The molecule has 0 atom stereocenters. The van der Waals surface area contributed by atoms with Gasteiger partial charge in [-0.3, -0.25) is 10.4 Å². The lowest BCUT2D eigenvalue weighted by atomic mass is 9.71. The van der Waals surface area contributed by atoms with Crippen LogP contribution >= 0.6 is 0 Å². The van der Waals surface area contributed by atoms with Gasteiger partial charge in [-0.05, 0) is 31.1 Å². The van der Waals surface area contributed by atoms with Crippen LogP contribution in [0.15, 0.2) is 4.99 Å². The van der Waals surface area contributed by atoms with Crippen molar-refractivity contribution in [3.63, 3.8) is 0 Å². The van der Waals surface area contributed by atoms with Crippen molar-refractivity contribution in [2.75, 3.05) is 6.54 Å². The Labute approximate surface area is 98.0 Å². The first kappa shape index (κ1) is 11.7. The molecule has 0 aliphatic heterocycles. The Morgan fingerprint density at radius 3 is 2.50 bits per heavy atom. The minimum atomic E-state index is 0.430. The Balaban J connectivity index is 1.80. The molecule has 0 aromatic carbocycles. The quantitative estimate of drug-likeness (QED) is 0.295. The van der Waals surface area contributed by atoms with E-state index >= 15 is 0 Å². The van der Waals surface area contributed by atoms with E-state index in [2.05, 4.69) is 22.7 Å². The Morgan fingerprint density at radius 2 is 2.00 bits per heavy atom. The van der Waals surface area contributed by atoms with E-state index < -0.39 is 0 Å². The highest BCUT2D eigenvalue weighted by Gasteiger charge is 2.31. The van der Waals surface area contributed by atoms with E-state index in [0.29, 0.717) is 11.5 Å². The average molecular weight is 224 g/mol. The van der Waals surface area contributed by atoms with E-state index in [4.69, 9.17) is 5.84 Å². The first-order valence-corrected chi connectivity index (χ1v) is 6.49. The molecule has 0 amide bonds. The number of rotatable bonds is 3. The molecular formula is C12H24N4. The summed E-state index contributed by atoms with van der Waals surface area (Å²) in [5, 5.41) is 3.40. The first-order chi connectivity index (χ1) is 7.72. The Bertz CT molecular complexity index is 252. The number of nitrogens with one attached hydrogen (secondary N) is 2. The maximum absolute atomic E-state index is 5.50. The molecule has 0 heterocycles. The van der Waals surface area contributed by atoms with Gasteiger partial charge in [0.25, 0.3) is 0 Å². The third-order valence-electron chi connectivity index (χ3n) is 4.01. The fourth-order valence-electron chi connectivity index (χ4n) is 2.60. The zero-order chi connectivity index (χ0) is 11.4. The van der Waals surface area contributed by atoms with Crippen LogP contribution in [0.2, 0.25) is 0 Å². The number of nitrogens with two attached hydrogens (primary N) is 1. The molecule has 4 nitrogen and oxygen atoms in total. The lowest BCUT2D eigenvalue weighted by molar-refractivity contribution is 0.173. The number of nitrogens with zero attached hydrogens (tertiary/aromatic N) is 1. The van der Waals surface area contributed by atoms with Crippen molar-refractivity contribution >= 4 is 5.96 Å². The zero-order valence-corrected chi connectivity index (χ0v) is 10.3. The largest absolute Gasteiger partial charge is 0.353 e. The van der Waals surface area contributed by atoms with E-state index in [1.54, 1.807) is 0 Å². The lowest BCUT2D eigenvalue weighted by Crippen LogP contribution is -2.46. The van der Waals surface area contributed by atoms with Gasteiger partial charge in [-0.25, -0.2) is 5.84 Å². The minimum Gasteiger partial charge on any atom is -0.353 e. The second-order valence-electron chi connectivity index (χ2n) is 5.60. The number of hydrogen-bond acceptors (Lipinski definition) is 2. The monoisotopic (exact) mass is 224 g/mol. The number of guanidine groups is 1. The Morgan fingerprint density at radius 1 is 1.31 bits per heavy atom. The van der Waals surface area contributed by atoms with Crippen LogP contribution < -0.4 is 16.6 Å². The van der Waals surface area contributed by atoms with Crippen molar-refractivity contribution < 1.29 is 0 Å². The summed E-state index contributed by atoms with van der Waals surface area (Å²) in [5.74, 6) is 6.27. The van der Waals surface area contributed by atoms with Crippen LogP contribution in [0.25, 0.3) is 0 Å². The number of aliphatic imine (C=N–C) groups is 1. The molecule has 0 aromatic heterocycles. The number of hydrazine groups is 1. The van der Waals surface area contributed by atoms with Crippen molar-refractivity contribution in [2.24, 2.45) is 16.3 Å². The minimum absolute atomic E-state index is 0.430. The molecule has 4 heteroatoms. The molecule has 2 fully saturated rings. The van der Waals surface area contributed by atoms with Crippen molar-refractivity contribution in [1.82, 2.24) is 10.7 Å². The van der Waals surface area contributed by atoms with E-state index in [-0.39, 0.29) is 0 Å². The third-order valence-corrected chi connectivity index (χ3v) is 4.01. The Hall–Kier alpha value is -0.770. The number of hydrogen-bond donors (Lipinski definition) is 3. The van der Waals surface area contributed by atoms with Crippen LogP contribution in [0.1, 0.15) is 51.9 Å². The highest BCUT2D eigenvalue weighted by molar-refractivity contribution is 5.79. The van der Waals surface area contributed by atoms with E-state index in [1.165, 1.54) is 44.9 Å². The fourth-order valence-corrected chi connectivity index (χ4v) is 2.60. The summed E-state index contributed by atoms with van der Waals surface area (Å²) < 4.78 is 0. The molecule has 16 heavy (non-hydrogen) atoms. The van der Waals surface area contributed by atoms with Crippen LogP contribution in [0, 0.1) is 5.41 Å². The lowest BCUT2D eigenvalue weighted by Gasteiger charge is -2.37. The van der Waals surface area contributed by atoms with Gasteiger partial charge in [0.15, 0.2) is 0 Å². The maximum atomic E-state index is 5.50. The first-order valence-electron chi connectivity index (χ1n) is 6.49. The molecule has 2 rings (SSSR count). The fraction of sp³-hybridized carbons (Fsp3) is 0.917.